The van der Waals surface area contributed by atoms with Crippen LogP contribution in [0.25, 0.3) is 0 Å². The molecule has 0 aromatic heterocycles. The molecule has 1 aromatic rings. The van der Waals surface area contributed by atoms with Crippen LogP contribution in [0.2, 0.25) is 5.02 Å². The number of hydrogen-bond donors (Lipinski definition) is 2. The topological polar surface area (TPSA) is 47.3 Å². The van der Waals surface area contributed by atoms with Gasteiger partial charge in [-0.25, -0.2) is 0 Å². The Hall–Kier alpha value is -0.770. The predicted molar refractivity (Wildman–Crippen MR) is 81.6 cm³/mol. The molecule has 4 unspecified atom stereocenters. The molecule has 0 amide bonds. The Morgan fingerprint density at radius 2 is 2.25 bits per heavy atom. The van der Waals surface area contributed by atoms with Gasteiger partial charge in [-0.15, -0.1) is 0 Å². The van der Waals surface area contributed by atoms with Crippen LogP contribution in [0, 0.1) is 17.8 Å². The monoisotopic (exact) mass is 294 g/mol. The predicted octanol–water partition coefficient (Wildman–Crippen LogP) is 3.68. The van der Waals surface area contributed by atoms with E-state index in [9.17, 15) is 0 Å². The summed E-state index contributed by atoms with van der Waals surface area (Å²) in [5.74, 6) is 9.22. The van der Waals surface area contributed by atoms with Gasteiger partial charge in [-0.05, 0) is 61.1 Å². The van der Waals surface area contributed by atoms with Gasteiger partial charge in [0, 0.05) is 6.04 Å². The zero-order chi connectivity index (χ0) is 14.1. The maximum atomic E-state index is 6.09. The van der Waals surface area contributed by atoms with E-state index < -0.39 is 0 Å². The summed E-state index contributed by atoms with van der Waals surface area (Å²) in [4.78, 5) is 0. The third-order valence-electron chi connectivity index (χ3n) is 5.20. The van der Waals surface area contributed by atoms with Gasteiger partial charge < -0.3 is 4.74 Å². The van der Waals surface area contributed by atoms with E-state index in [0.29, 0.717) is 5.02 Å². The molecule has 2 saturated carbocycles. The quantitative estimate of drug-likeness (QED) is 0.643. The molecular weight excluding hydrogens is 272 g/mol. The summed E-state index contributed by atoms with van der Waals surface area (Å²) in [6.07, 6.45) is 6.79. The Kier molecular flexibility index (Phi) is 4.20. The van der Waals surface area contributed by atoms with Gasteiger partial charge in [0.25, 0.3) is 0 Å². The van der Waals surface area contributed by atoms with E-state index in [1.165, 1.54) is 25.7 Å². The van der Waals surface area contributed by atoms with Gasteiger partial charge >= 0.3 is 0 Å². The van der Waals surface area contributed by atoms with E-state index in [-0.39, 0.29) is 6.04 Å². The first-order valence-corrected chi connectivity index (χ1v) is 7.88. The minimum absolute atomic E-state index is 0.186. The molecule has 0 spiro atoms. The number of rotatable bonds is 5. The molecule has 3 rings (SSSR count). The SMILES string of the molecule is COc1cc(C(CC2CC3CCC2C3)NN)ccc1Cl. The van der Waals surface area contributed by atoms with Gasteiger partial charge in [0.15, 0.2) is 0 Å². The molecule has 0 saturated heterocycles. The Morgan fingerprint density at radius 1 is 1.40 bits per heavy atom. The smallest absolute Gasteiger partial charge is 0.137 e. The summed E-state index contributed by atoms with van der Waals surface area (Å²) in [5.41, 5.74) is 4.14. The van der Waals surface area contributed by atoms with Gasteiger partial charge in [-0.2, -0.15) is 0 Å². The van der Waals surface area contributed by atoms with Crippen molar-refractivity contribution in [3.05, 3.63) is 28.8 Å². The Morgan fingerprint density at radius 3 is 2.85 bits per heavy atom. The second kappa shape index (κ2) is 5.92. The summed E-state index contributed by atoms with van der Waals surface area (Å²) in [6, 6.07) is 6.12. The van der Waals surface area contributed by atoms with Crippen LogP contribution >= 0.6 is 11.6 Å². The molecule has 1 aromatic carbocycles. The first-order valence-electron chi connectivity index (χ1n) is 7.50. The number of hydrogen-bond acceptors (Lipinski definition) is 3. The van der Waals surface area contributed by atoms with E-state index in [1.54, 1.807) is 7.11 Å². The first-order chi connectivity index (χ1) is 9.71. The highest BCUT2D eigenvalue weighted by molar-refractivity contribution is 6.32. The maximum absolute atomic E-state index is 6.09. The summed E-state index contributed by atoms with van der Waals surface area (Å²) >= 11 is 6.09. The number of fused-ring (bicyclic) bond motifs is 2. The molecule has 2 fully saturated rings. The summed E-state index contributed by atoms with van der Waals surface area (Å²) in [6.45, 7) is 0. The number of hydrazine groups is 1. The third-order valence-corrected chi connectivity index (χ3v) is 5.51. The molecule has 20 heavy (non-hydrogen) atoms. The molecular formula is C16H23ClN2O. The van der Waals surface area contributed by atoms with Crippen LogP contribution in [-0.4, -0.2) is 7.11 Å². The van der Waals surface area contributed by atoms with Crippen molar-refractivity contribution < 1.29 is 4.74 Å². The highest BCUT2D eigenvalue weighted by Gasteiger charge is 2.40. The van der Waals surface area contributed by atoms with Gasteiger partial charge in [0.1, 0.15) is 5.75 Å². The van der Waals surface area contributed by atoms with Crippen molar-refractivity contribution >= 4 is 11.6 Å². The molecule has 3 N–H and O–H groups in total. The summed E-state index contributed by atoms with van der Waals surface area (Å²) in [7, 11) is 1.64. The van der Waals surface area contributed by atoms with Crippen molar-refractivity contribution in [1.82, 2.24) is 5.43 Å². The van der Waals surface area contributed by atoms with Crippen LogP contribution in [-0.2, 0) is 0 Å². The fourth-order valence-corrected chi connectivity index (χ4v) is 4.36. The molecule has 2 aliphatic rings. The van der Waals surface area contributed by atoms with Crippen molar-refractivity contribution in [1.29, 1.82) is 0 Å². The zero-order valence-corrected chi connectivity index (χ0v) is 12.7. The van der Waals surface area contributed by atoms with Crippen molar-refractivity contribution in [2.45, 2.75) is 38.1 Å². The molecule has 2 bridgehead atoms. The van der Waals surface area contributed by atoms with Crippen molar-refractivity contribution in [3.63, 3.8) is 0 Å². The minimum atomic E-state index is 0.186. The fraction of sp³-hybridized carbons (Fsp3) is 0.625. The molecule has 0 aliphatic heterocycles. The van der Waals surface area contributed by atoms with Crippen LogP contribution in [0.1, 0.15) is 43.7 Å². The van der Waals surface area contributed by atoms with Crippen LogP contribution in [0.5, 0.6) is 5.75 Å². The molecule has 2 aliphatic carbocycles. The standard InChI is InChI=1S/C16H23ClN2O/c1-20-16-9-12(4-5-14(16)17)15(19-18)8-13-7-10-2-3-11(13)6-10/h4-5,9-11,13,15,19H,2-3,6-8,18H2,1H3. The van der Waals surface area contributed by atoms with E-state index in [4.69, 9.17) is 22.2 Å². The highest BCUT2D eigenvalue weighted by atomic mass is 35.5. The second-order valence-corrected chi connectivity index (χ2v) is 6.69. The number of methoxy groups -OCH3 is 1. The average molecular weight is 295 g/mol. The highest BCUT2D eigenvalue weighted by Crippen LogP contribution is 2.51. The lowest BCUT2D eigenvalue weighted by Crippen LogP contribution is -2.30. The zero-order valence-electron chi connectivity index (χ0n) is 11.9. The Balaban J connectivity index is 1.73. The van der Waals surface area contributed by atoms with E-state index >= 15 is 0 Å². The van der Waals surface area contributed by atoms with Crippen molar-refractivity contribution in [2.24, 2.45) is 23.6 Å². The first kappa shape index (κ1) is 14.2. The van der Waals surface area contributed by atoms with E-state index in [0.717, 1.165) is 35.5 Å². The largest absolute Gasteiger partial charge is 0.495 e. The molecule has 4 heteroatoms. The average Bonchev–Trinajstić information content (AvgIpc) is 3.08. The Bertz CT molecular complexity index is 480. The maximum Gasteiger partial charge on any atom is 0.137 e. The molecule has 0 heterocycles. The summed E-state index contributed by atoms with van der Waals surface area (Å²) < 4.78 is 5.30. The molecule has 0 radical (unpaired) electrons. The second-order valence-electron chi connectivity index (χ2n) is 6.28. The lowest BCUT2D eigenvalue weighted by atomic mass is 9.83. The number of nitrogens with one attached hydrogen (secondary N) is 1. The van der Waals surface area contributed by atoms with Gasteiger partial charge in [-0.1, -0.05) is 24.1 Å². The molecule has 4 atom stereocenters. The van der Waals surface area contributed by atoms with E-state index in [1.807, 2.05) is 18.2 Å². The normalized spacial score (nSPS) is 29.6. The van der Waals surface area contributed by atoms with Gasteiger partial charge in [0.2, 0.25) is 0 Å². The summed E-state index contributed by atoms with van der Waals surface area (Å²) in [5, 5.41) is 0.645. The number of ether oxygens (including phenoxy) is 1. The lowest BCUT2D eigenvalue weighted by Gasteiger charge is -2.26. The number of benzene rings is 1. The Labute approximate surface area is 125 Å². The van der Waals surface area contributed by atoms with Crippen molar-refractivity contribution in [2.75, 3.05) is 7.11 Å². The molecule has 3 nitrogen and oxygen atoms in total. The van der Waals surface area contributed by atoms with Crippen LogP contribution in [0.3, 0.4) is 0 Å². The van der Waals surface area contributed by atoms with E-state index in [2.05, 4.69) is 5.43 Å². The van der Waals surface area contributed by atoms with Crippen LogP contribution in [0.15, 0.2) is 18.2 Å². The lowest BCUT2D eigenvalue weighted by molar-refractivity contribution is 0.280. The van der Waals surface area contributed by atoms with Gasteiger partial charge in [-0.3, -0.25) is 11.3 Å². The van der Waals surface area contributed by atoms with Crippen LogP contribution in [0.4, 0.5) is 0 Å². The third kappa shape index (κ3) is 2.67. The van der Waals surface area contributed by atoms with Gasteiger partial charge in [0.05, 0.1) is 12.1 Å². The molecule has 110 valence electrons. The van der Waals surface area contributed by atoms with Crippen molar-refractivity contribution in [3.8, 4) is 5.75 Å². The van der Waals surface area contributed by atoms with Crippen LogP contribution < -0.4 is 16.0 Å². The minimum Gasteiger partial charge on any atom is -0.495 e. The fourth-order valence-electron chi connectivity index (χ4n) is 4.16. The number of nitrogens with two attached hydrogens (primary N) is 1. The number of halogens is 1.